The Morgan fingerprint density at radius 3 is 2.46 bits per heavy atom. The summed E-state index contributed by atoms with van der Waals surface area (Å²) in [5.74, 6) is -0.0558. The number of nitrogens with one attached hydrogen (secondary N) is 2. The molecule has 3 rings (SSSR count). The average Bonchev–Trinajstić information content (AvgIpc) is 3.21. The van der Waals surface area contributed by atoms with Crippen LogP contribution in [0, 0.1) is 5.41 Å². The molecule has 1 aliphatic rings. The summed E-state index contributed by atoms with van der Waals surface area (Å²) in [6.07, 6.45) is 2.65. The van der Waals surface area contributed by atoms with Crippen LogP contribution in [0.25, 0.3) is 0 Å². The number of amides is 2. The Morgan fingerprint density at radius 1 is 1.07 bits per heavy atom. The molecule has 0 bridgehead atoms. The number of carbonyl (C=O) groups is 2. The van der Waals surface area contributed by atoms with Crippen LogP contribution in [-0.4, -0.2) is 35.1 Å². The second-order valence-electron chi connectivity index (χ2n) is 7.06. The molecule has 146 valence electrons. The van der Waals surface area contributed by atoms with Gasteiger partial charge >= 0.3 is 0 Å². The monoisotopic (exact) mass is 378 g/mol. The van der Waals surface area contributed by atoms with Crippen molar-refractivity contribution in [1.82, 2.24) is 10.2 Å². The summed E-state index contributed by atoms with van der Waals surface area (Å²) in [7, 11) is 0. The maximum absolute atomic E-state index is 12.6. The fourth-order valence-electron chi connectivity index (χ4n) is 3.49. The Labute approximate surface area is 165 Å². The van der Waals surface area contributed by atoms with Crippen LogP contribution in [0.3, 0.4) is 0 Å². The fraction of sp³-hybridized carbons (Fsp3) is 0.318. The number of carbonyl (C=O) groups excluding carboxylic acids is 2. The molecule has 6 heteroatoms. The summed E-state index contributed by atoms with van der Waals surface area (Å²) in [6, 6.07) is 16.7. The van der Waals surface area contributed by atoms with Gasteiger partial charge in [-0.25, -0.2) is 0 Å². The van der Waals surface area contributed by atoms with Gasteiger partial charge in [0, 0.05) is 25.1 Å². The van der Waals surface area contributed by atoms with E-state index in [1.807, 2.05) is 42.5 Å². The Kier molecular flexibility index (Phi) is 6.42. The summed E-state index contributed by atoms with van der Waals surface area (Å²) >= 11 is 0. The number of amidine groups is 1. The SMILES string of the molecule is N=C(N)c1ccc(CNC(=O)C2CCCN2C(=O)CCc2ccccc2)cc1. The topological polar surface area (TPSA) is 99.3 Å². The van der Waals surface area contributed by atoms with Gasteiger partial charge in [-0.3, -0.25) is 15.0 Å². The summed E-state index contributed by atoms with van der Waals surface area (Å²) < 4.78 is 0. The van der Waals surface area contributed by atoms with Crippen molar-refractivity contribution in [2.24, 2.45) is 5.73 Å². The molecule has 0 spiro atoms. The quantitative estimate of drug-likeness (QED) is 0.509. The molecule has 0 aromatic heterocycles. The van der Waals surface area contributed by atoms with Crippen molar-refractivity contribution in [3.63, 3.8) is 0 Å². The van der Waals surface area contributed by atoms with E-state index in [9.17, 15) is 9.59 Å². The number of aryl methyl sites for hydroxylation is 1. The molecular formula is C22H26N4O2. The van der Waals surface area contributed by atoms with Gasteiger partial charge in [-0.15, -0.1) is 0 Å². The predicted molar refractivity (Wildman–Crippen MR) is 109 cm³/mol. The van der Waals surface area contributed by atoms with Crippen LogP contribution >= 0.6 is 0 Å². The van der Waals surface area contributed by atoms with Crippen molar-refractivity contribution in [3.8, 4) is 0 Å². The predicted octanol–water partition coefficient (Wildman–Crippen LogP) is 2.21. The van der Waals surface area contributed by atoms with E-state index in [4.69, 9.17) is 11.1 Å². The van der Waals surface area contributed by atoms with E-state index in [1.54, 1.807) is 17.0 Å². The van der Waals surface area contributed by atoms with Crippen LogP contribution in [0.5, 0.6) is 0 Å². The number of hydrogen-bond donors (Lipinski definition) is 3. The van der Waals surface area contributed by atoms with E-state index in [0.717, 1.165) is 17.5 Å². The van der Waals surface area contributed by atoms with Crippen LogP contribution in [0.4, 0.5) is 0 Å². The normalized spacial score (nSPS) is 16.0. The van der Waals surface area contributed by atoms with Crippen molar-refractivity contribution in [1.29, 1.82) is 5.41 Å². The number of nitrogen functional groups attached to an aromatic ring is 1. The standard InChI is InChI=1S/C22H26N4O2/c23-21(24)18-11-8-17(9-12-18)15-25-22(28)19-7-4-14-26(19)20(27)13-10-16-5-2-1-3-6-16/h1-3,5-6,8-9,11-12,19H,4,7,10,13-15H2,(H3,23,24)(H,25,28). The first kappa shape index (κ1) is 19.6. The molecule has 2 amide bonds. The molecule has 1 saturated heterocycles. The molecule has 28 heavy (non-hydrogen) atoms. The highest BCUT2D eigenvalue weighted by Crippen LogP contribution is 2.19. The highest BCUT2D eigenvalue weighted by atomic mass is 16.2. The minimum Gasteiger partial charge on any atom is -0.384 e. The van der Waals surface area contributed by atoms with E-state index >= 15 is 0 Å². The zero-order valence-corrected chi connectivity index (χ0v) is 15.9. The first-order valence-electron chi connectivity index (χ1n) is 9.59. The molecule has 1 unspecified atom stereocenters. The molecule has 0 radical (unpaired) electrons. The van der Waals surface area contributed by atoms with Crippen molar-refractivity contribution in [2.75, 3.05) is 6.54 Å². The van der Waals surface area contributed by atoms with Crippen molar-refractivity contribution in [3.05, 3.63) is 71.3 Å². The molecule has 0 saturated carbocycles. The Bertz CT molecular complexity index is 833. The minimum absolute atomic E-state index is 0.0196. The van der Waals surface area contributed by atoms with E-state index in [2.05, 4.69) is 5.32 Å². The lowest BCUT2D eigenvalue weighted by Crippen LogP contribution is -2.45. The van der Waals surface area contributed by atoms with Gasteiger partial charge in [0.2, 0.25) is 11.8 Å². The molecule has 2 aromatic rings. The average molecular weight is 378 g/mol. The number of hydrogen-bond acceptors (Lipinski definition) is 3. The Balaban J connectivity index is 1.52. The molecule has 0 aliphatic carbocycles. The van der Waals surface area contributed by atoms with Gasteiger partial charge in [-0.1, -0.05) is 54.6 Å². The number of nitrogens with zero attached hydrogens (tertiary/aromatic N) is 1. The van der Waals surface area contributed by atoms with Gasteiger partial charge in [0.25, 0.3) is 0 Å². The van der Waals surface area contributed by atoms with Gasteiger partial charge in [-0.2, -0.15) is 0 Å². The summed E-state index contributed by atoms with van der Waals surface area (Å²) in [6.45, 7) is 1.03. The largest absolute Gasteiger partial charge is 0.384 e. The van der Waals surface area contributed by atoms with E-state index < -0.39 is 0 Å². The Morgan fingerprint density at radius 2 is 1.79 bits per heavy atom. The highest BCUT2D eigenvalue weighted by Gasteiger charge is 2.33. The molecule has 1 fully saturated rings. The molecular weight excluding hydrogens is 352 g/mol. The van der Waals surface area contributed by atoms with Gasteiger partial charge in [0.1, 0.15) is 11.9 Å². The van der Waals surface area contributed by atoms with Gasteiger partial charge < -0.3 is 16.0 Å². The van der Waals surface area contributed by atoms with Crippen LogP contribution in [-0.2, 0) is 22.6 Å². The molecule has 6 nitrogen and oxygen atoms in total. The van der Waals surface area contributed by atoms with Crippen LogP contribution in [0.2, 0.25) is 0 Å². The second-order valence-corrected chi connectivity index (χ2v) is 7.06. The van der Waals surface area contributed by atoms with Crippen molar-refractivity contribution in [2.45, 2.75) is 38.3 Å². The maximum atomic E-state index is 12.6. The van der Waals surface area contributed by atoms with Crippen molar-refractivity contribution < 1.29 is 9.59 Å². The number of likely N-dealkylation sites (tertiary alicyclic amines) is 1. The van der Waals surface area contributed by atoms with E-state index in [1.165, 1.54) is 0 Å². The smallest absolute Gasteiger partial charge is 0.243 e. The number of nitrogens with two attached hydrogens (primary N) is 1. The Hall–Kier alpha value is -3.15. The molecule has 1 atom stereocenters. The van der Waals surface area contributed by atoms with Crippen molar-refractivity contribution >= 4 is 17.6 Å². The zero-order valence-electron chi connectivity index (χ0n) is 15.9. The summed E-state index contributed by atoms with van der Waals surface area (Å²) in [5, 5.41) is 10.3. The fourth-order valence-corrected chi connectivity index (χ4v) is 3.49. The van der Waals surface area contributed by atoms with Crippen LogP contribution < -0.4 is 11.1 Å². The zero-order chi connectivity index (χ0) is 19.9. The first-order chi connectivity index (χ1) is 13.5. The van der Waals surface area contributed by atoms with Gasteiger partial charge in [0.05, 0.1) is 0 Å². The molecule has 1 heterocycles. The van der Waals surface area contributed by atoms with Crippen LogP contribution in [0.15, 0.2) is 54.6 Å². The minimum atomic E-state index is -0.389. The van der Waals surface area contributed by atoms with E-state index in [0.29, 0.717) is 37.9 Å². The lowest BCUT2D eigenvalue weighted by Gasteiger charge is -2.24. The molecule has 2 aromatic carbocycles. The summed E-state index contributed by atoms with van der Waals surface area (Å²) in [5.41, 5.74) is 8.16. The maximum Gasteiger partial charge on any atom is 0.243 e. The molecule has 1 aliphatic heterocycles. The van der Waals surface area contributed by atoms with Gasteiger partial charge in [-0.05, 0) is 30.4 Å². The first-order valence-corrected chi connectivity index (χ1v) is 9.59. The highest BCUT2D eigenvalue weighted by molar-refractivity contribution is 5.94. The van der Waals surface area contributed by atoms with E-state index in [-0.39, 0.29) is 23.7 Å². The number of benzene rings is 2. The van der Waals surface area contributed by atoms with Gasteiger partial charge in [0.15, 0.2) is 0 Å². The lowest BCUT2D eigenvalue weighted by atomic mass is 10.1. The third-order valence-corrected chi connectivity index (χ3v) is 5.08. The summed E-state index contributed by atoms with van der Waals surface area (Å²) in [4.78, 5) is 27.0. The third kappa shape index (κ3) is 4.97. The lowest BCUT2D eigenvalue weighted by molar-refractivity contribution is -0.138. The second kappa shape index (κ2) is 9.17. The number of rotatable bonds is 7. The third-order valence-electron chi connectivity index (χ3n) is 5.08. The van der Waals surface area contributed by atoms with Crippen LogP contribution in [0.1, 0.15) is 36.0 Å². The molecule has 4 N–H and O–H groups in total.